The van der Waals surface area contributed by atoms with Crippen LogP contribution in [0.3, 0.4) is 0 Å². The van der Waals surface area contributed by atoms with Crippen molar-refractivity contribution in [2.75, 3.05) is 19.1 Å². The largest absolute Gasteiger partial charge is 0.444 e. The monoisotopic (exact) mass is 249 g/mol. The second kappa shape index (κ2) is 5.23. The maximum absolute atomic E-state index is 11.7. The maximum Gasteiger partial charge on any atom is 0.408 e. The number of carbonyl (C=O) groups excluding carboxylic acids is 1. The van der Waals surface area contributed by atoms with Crippen molar-refractivity contribution in [1.82, 2.24) is 5.32 Å². The molecule has 0 atom stereocenters. The van der Waals surface area contributed by atoms with Crippen molar-refractivity contribution in [1.29, 1.82) is 0 Å². The lowest BCUT2D eigenvalue weighted by Crippen LogP contribution is -2.54. The van der Waals surface area contributed by atoms with Crippen molar-refractivity contribution in [3.63, 3.8) is 0 Å². The molecule has 5 heteroatoms. The third-order valence-corrected chi connectivity index (χ3v) is 2.98. The summed E-state index contributed by atoms with van der Waals surface area (Å²) >= 11 is 5.93. The fourth-order valence-corrected chi connectivity index (χ4v) is 1.91. The Hall–Kier alpha value is -0.480. The highest BCUT2D eigenvalue weighted by Crippen LogP contribution is 2.22. The summed E-state index contributed by atoms with van der Waals surface area (Å²) in [5.74, 6) is 0.385. The number of alkyl carbamates (subject to hydrolysis) is 1. The van der Waals surface area contributed by atoms with Gasteiger partial charge in [0.25, 0.3) is 0 Å². The van der Waals surface area contributed by atoms with Crippen molar-refractivity contribution in [3.8, 4) is 0 Å². The molecule has 0 bridgehead atoms. The molecule has 0 aromatic heterocycles. The number of rotatable bonds is 2. The first-order valence-corrected chi connectivity index (χ1v) is 6.05. The quantitative estimate of drug-likeness (QED) is 0.764. The first-order chi connectivity index (χ1) is 7.37. The predicted molar refractivity (Wildman–Crippen MR) is 62.9 cm³/mol. The van der Waals surface area contributed by atoms with E-state index in [1.807, 2.05) is 20.8 Å². The zero-order valence-corrected chi connectivity index (χ0v) is 10.9. The lowest BCUT2D eigenvalue weighted by atomic mass is 9.92. The third kappa shape index (κ3) is 4.18. The Labute approximate surface area is 102 Å². The molecule has 1 N–H and O–H groups in total. The predicted octanol–water partition coefficient (Wildman–Crippen LogP) is 2.30. The number of hydrogen-bond acceptors (Lipinski definition) is 3. The van der Waals surface area contributed by atoms with Gasteiger partial charge in [-0.05, 0) is 33.6 Å². The molecule has 0 spiro atoms. The topological polar surface area (TPSA) is 47.6 Å². The van der Waals surface area contributed by atoms with Crippen LogP contribution in [0.15, 0.2) is 0 Å². The third-order valence-electron chi connectivity index (χ3n) is 2.47. The Kier molecular flexibility index (Phi) is 4.44. The first kappa shape index (κ1) is 13.6. The first-order valence-electron chi connectivity index (χ1n) is 5.52. The number of nitrogens with one attached hydrogen (secondary N) is 1. The summed E-state index contributed by atoms with van der Waals surface area (Å²) in [6.45, 7) is 6.77. The molecular formula is C11H20ClNO3. The number of amides is 1. The lowest BCUT2D eigenvalue weighted by Gasteiger charge is -2.36. The minimum absolute atomic E-state index is 0.373. The van der Waals surface area contributed by atoms with Gasteiger partial charge < -0.3 is 14.8 Å². The van der Waals surface area contributed by atoms with Gasteiger partial charge in [-0.15, -0.1) is 11.6 Å². The molecule has 1 fully saturated rings. The summed E-state index contributed by atoms with van der Waals surface area (Å²) in [6, 6.07) is 0. The van der Waals surface area contributed by atoms with Gasteiger partial charge in [0.2, 0.25) is 0 Å². The second-order valence-corrected chi connectivity index (χ2v) is 5.42. The average molecular weight is 250 g/mol. The fourth-order valence-electron chi connectivity index (χ4n) is 1.57. The van der Waals surface area contributed by atoms with Crippen molar-refractivity contribution in [3.05, 3.63) is 0 Å². The molecule has 1 aliphatic rings. The Morgan fingerprint density at radius 1 is 1.44 bits per heavy atom. The maximum atomic E-state index is 11.7. The SMILES string of the molecule is CC(C)(C)OC(=O)NC1(CCl)CCOCC1. The molecule has 0 saturated carbocycles. The van der Waals surface area contributed by atoms with Gasteiger partial charge in [0.1, 0.15) is 5.60 Å². The molecule has 1 amide bonds. The van der Waals surface area contributed by atoms with Crippen LogP contribution in [0.1, 0.15) is 33.6 Å². The van der Waals surface area contributed by atoms with Crippen molar-refractivity contribution in [2.24, 2.45) is 0 Å². The normalized spacial score (nSPS) is 20.2. The Morgan fingerprint density at radius 2 is 2.00 bits per heavy atom. The average Bonchev–Trinajstić information content (AvgIpc) is 2.16. The van der Waals surface area contributed by atoms with Crippen molar-refractivity contribution in [2.45, 2.75) is 44.8 Å². The number of carbonyl (C=O) groups is 1. The molecular weight excluding hydrogens is 230 g/mol. The summed E-state index contributed by atoms with van der Waals surface area (Å²) in [5.41, 5.74) is -0.856. The van der Waals surface area contributed by atoms with Gasteiger partial charge in [-0.2, -0.15) is 0 Å². The highest BCUT2D eigenvalue weighted by Gasteiger charge is 2.34. The van der Waals surface area contributed by atoms with Gasteiger partial charge in [0.05, 0.1) is 5.54 Å². The molecule has 1 aliphatic heterocycles. The van der Waals surface area contributed by atoms with Gasteiger partial charge in [-0.3, -0.25) is 0 Å². The Bertz CT molecular complexity index is 244. The molecule has 0 aromatic carbocycles. The van der Waals surface area contributed by atoms with E-state index in [4.69, 9.17) is 21.1 Å². The number of hydrogen-bond donors (Lipinski definition) is 1. The zero-order valence-electron chi connectivity index (χ0n) is 10.1. The Morgan fingerprint density at radius 3 is 2.44 bits per heavy atom. The van der Waals surface area contributed by atoms with Crippen LogP contribution in [0.2, 0.25) is 0 Å². The summed E-state index contributed by atoms with van der Waals surface area (Å²) in [7, 11) is 0. The molecule has 0 aliphatic carbocycles. The van der Waals surface area contributed by atoms with Crippen LogP contribution in [0.4, 0.5) is 4.79 Å². The molecule has 94 valence electrons. The number of halogens is 1. The van der Waals surface area contributed by atoms with Crippen molar-refractivity contribution >= 4 is 17.7 Å². The summed E-state index contributed by atoms with van der Waals surface area (Å²) in [4.78, 5) is 11.7. The van der Waals surface area contributed by atoms with Gasteiger partial charge in [-0.1, -0.05) is 0 Å². The molecule has 0 radical (unpaired) electrons. The molecule has 1 rings (SSSR count). The standard InChI is InChI=1S/C11H20ClNO3/c1-10(2,3)16-9(14)13-11(8-12)4-6-15-7-5-11/h4-8H2,1-3H3,(H,13,14). The van der Waals surface area contributed by atoms with E-state index in [1.165, 1.54) is 0 Å². The van der Waals surface area contributed by atoms with E-state index < -0.39 is 11.7 Å². The van der Waals surface area contributed by atoms with Crippen LogP contribution < -0.4 is 5.32 Å². The van der Waals surface area contributed by atoms with Gasteiger partial charge in [-0.25, -0.2) is 4.79 Å². The fraction of sp³-hybridized carbons (Fsp3) is 0.909. The lowest BCUT2D eigenvalue weighted by molar-refractivity contribution is 0.0226. The van der Waals surface area contributed by atoms with Crippen LogP contribution in [0.25, 0.3) is 0 Å². The molecule has 1 heterocycles. The zero-order chi connectivity index (χ0) is 12.2. The van der Waals surface area contributed by atoms with E-state index in [0.717, 1.165) is 12.8 Å². The van der Waals surface area contributed by atoms with Crippen LogP contribution >= 0.6 is 11.6 Å². The smallest absolute Gasteiger partial charge is 0.408 e. The van der Waals surface area contributed by atoms with Gasteiger partial charge in [0, 0.05) is 19.1 Å². The number of ether oxygens (including phenoxy) is 2. The summed E-state index contributed by atoms with van der Waals surface area (Å²) in [5, 5.41) is 2.87. The van der Waals surface area contributed by atoms with E-state index in [0.29, 0.717) is 19.1 Å². The van der Waals surface area contributed by atoms with Gasteiger partial charge >= 0.3 is 6.09 Å². The minimum atomic E-state index is -0.483. The number of alkyl halides is 1. The highest BCUT2D eigenvalue weighted by molar-refractivity contribution is 6.18. The van der Waals surface area contributed by atoms with E-state index >= 15 is 0 Å². The molecule has 0 aromatic rings. The van der Waals surface area contributed by atoms with E-state index in [1.54, 1.807) is 0 Å². The Balaban J connectivity index is 2.52. The molecule has 16 heavy (non-hydrogen) atoms. The summed E-state index contributed by atoms with van der Waals surface area (Å²) < 4.78 is 10.5. The minimum Gasteiger partial charge on any atom is -0.444 e. The van der Waals surface area contributed by atoms with E-state index in [-0.39, 0.29) is 5.54 Å². The van der Waals surface area contributed by atoms with Gasteiger partial charge in [0.15, 0.2) is 0 Å². The van der Waals surface area contributed by atoms with E-state index in [9.17, 15) is 4.79 Å². The van der Waals surface area contributed by atoms with Crippen LogP contribution in [-0.2, 0) is 9.47 Å². The molecule has 4 nitrogen and oxygen atoms in total. The summed E-state index contributed by atoms with van der Waals surface area (Å²) in [6.07, 6.45) is 1.06. The second-order valence-electron chi connectivity index (χ2n) is 5.15. The van der Waals surface area contributed by atoms with E-state index in [2.05, 4.69) is 5.32 Å². The molecule has 0 unspecified atom stereocenters. The van der Waals surface area contributed by atoms with Crippen LogP contribution in [0.5, 0.6) is 0 Å². The van der Waals surface area contributed by atoms with Crippen molar-refractivity contribution < 1.29 is 14.3 Å². The molecule has 1 saturated heterocycles. The van der Waals surface area contributed by atoms with Crippen LogP contribution in [-0.4, -0.2) is 36.3 Å². The highest BCUT2D eigenvalue weighted by atomic mass is 35.5. The van der Waals surface area contributed by atoms with Crippen LogP contribution in [0, 0.1) is 0 Å².